The number of phenols is 1. The Labute approximate surface area is 142 Å². The van der Waals surface area contributed by atoms with Gasteiger partial charge in [-0.2, -0.15) is 0 Å². The Balaban J connectivity index is 0.000000186. The van der Waals surface area contributed by atoms with E-state index in [1.165, 1.54) is 12.1 Å². The molecule has 0 heterocycles. The van der Waals surface area contributed by atoms with Gasteiger partial charge >= 0.3 is 5.97 Å². The van der Waals surface area contributed by atoms with E-state index in [9.17, 15) is 14.9 Å². The molecule has 25 heavy (non-hydrogen) atoms. The lowest BCUT2D eigenvalue weighted by Gasteiger charge is -2.03. The molecule has 0 spiro atoms. The standard InChI is InChI=1S/C11H9NO2.C6H6N2O3/c12-10-6-8-4-2-1-3-7(8)5-9(10)11(13)14;7-5-3-4(8(10)11)1-2-6(5)9/h1-6H,12H2,(H,13,14);1-3,9H,7H2. The van der Waals surface area contributed by atoms with Crippen molar-refractivity contribution in [3.8, 4) is 5.75 Å². The number of aromatic carboxylic acids is 1. The second-order valence-corrected chi connectivity index (χ2v) is 5.09. The molecule has 8 heteroatoms. The first-order valence-corrected chi connectivity index (χ1v) is 7.04. The van der Waals surface area contributed by atoms with E-state index < -0.39 is 10.9 Å². The number of anilines is 2. The number of carboxylic acid groups (broad SMARTS) is 1. The third-order valence-electron chi connectivity index (χ3n) is 3.37. The molecule has 128 valence electrons. The SMILES string of the molecule is Nc1cc([N+](=O)[O-])ccc1O.Nc1cc2ccccc2cc1C(=O)O. The van der Waals surface area contributed by atoms with Crippen LogP contribution in [-0.4, -0.2) is 21.1 Å². The molecule has 0 aliphatic heterocycles. The second-order valence-electron chi connectivity index (χ2n) is 5.09. The number of aromatic hydroxyl groups is 1. The number of rotatable bonds is 2. The van der Waals surface area contributed by atoms with Crippen LogP contribution in [0.25, 0.3) is 10.8 Å². The van der Waals surface area contributed by atoms with Gasteiger partial charge in [0.25, 0.3) is 5.69 Å². The fraction of sp³-hybridized carbons (Fsp3) is 0. The number of nitrogens with two attached hydrogens (primary N) is 2. The minimum absolute atomic E-state index is 0.0131. The van der Waals surface area contributed by atoms with E-state index in [0.717, 1.165) is 16.8 Å². The molecule has 8 nitrogen and oxygen atoms in total. The van der Waals surface area contributed by atoms with E-state index in [1.54, 1.807) is 12.1 Å². The van der Waals surface area contributed by atoms with Gasteiger partial charge in [-0.1, -0.05) is 24.3 Å². The summed E-state index contributed by atoms with van der Waals surface area (Å²) in [5.74, 6) is -1.14. The molecular formula is C17H15N3O5. The summed E-state index contributed by atoms with van der Waals surface area (Å²) >= 11 is 0. The molecule has 0 saturated carbocycles. The lowest BCUT2D eigenvalue weighted by Crippen LogP contribution is -2.01. The van der Waals surface area contributed by atoms with Gasteiger partial charge < -0.3 is 21.7 Å². The minimum atomic E-state index is -0.992. The first-order chi connectivity index (χ1) is 11.8. The van der Waals surface area contributed by atoms with Gasteiger partial charge in [0.2, 0.25) is 0 Å². The number of fused-ring (bicyclic) bond motifs is 1. The van der Waals surface area contributed by atoms with Gasteiger partial charge in [0, 0.05) is 17.8 Å². The van der Waals surface area contributed by atoms with Gasteiger partial charge in [0.15, 0.2) is 0 Å². The fourth-order valence-corrected chi connectivity index (χ4v) is 2.10. The summed E-state index contributed by atoms with van der Waals surface area (Å²) in [6.45, 7) is 0. The van der Waals surface area contributed by atoms with E-state index in [4.69, 9.17) is 21.7 Å². The van der Waals surface area contributed by atoms with Gasteiger partial charge in [-0.05, 0) is 29.0 Å². The van der Waals surface area contributed by atoms with Crippen molar-refractivity contribution in [1.29, 1.82) is 0 Å². The Hall–Kier alpha value is -3.81. The first kappa shape index (κ1) is 17.5. The highest BCUT2D eigenvalue weighted by Gasteiger charge is 2.08. The van der Waals surface area contributed by atoms with Crippen LogP contribution in [0.3, 0.4) is 0 Å². The molecule has 0 atom stereocenters. The van der Waals surface area contributed by atoms with Crippen molar-refractivity contribution in [2.45, 2.75) is 0 Å². The van der Waals surface area contributed by atoms with Gasteiger partial charge in [0.1, 0.15) is 5.75 Å². The van der Waals surface area contributed by atoms with Crippen LogP contribution in [0.15, 0.2) is 54.6 Å². The Morgan fingerprint density at radius 2 is 1.56 bits per heavy atom. The minimum Gasteiger partial charge on any atom is -0.506 e. The maximum atomic E-state index is 10.8. The van der Waals surface area contributed by atoms with Crippen LogP contribution >= 0.6 is 0 Å². The van der Waals surface area contributed by atoms with E-state index in [1.807, 2.05) is 24.3 Å². The highest BCUT2D eigenvalue weighted by Crippen LogP contribution is 2.24. The summed E-state index contributed by atoms with van der Waals surface area (Å²) in [5.41, 5.74) is 11.2. The van der Waals surface area contributed by atoms with Crippen molar-refractivity contribution in [1.82, 2.24) is 0 Å². The lowest BCUT2D eigenvalue weighted by atomic mass is 10.1. The number of nitro groups is 1. The highest BCUT2D eigenvalue weighted by atomic mass is 16.6. The summed E-state index contributed by atoms with van der Waals surface area (Å²) in [5, 5.41) is 29.7. The predicted molar refractivity (Wildman–Crippen MR) is 94.5 cm³/mol. The van der Waals surface area contributed by atoms with Crippen LogP contribution in [0, 0.1) is 10.1 Å². The van der Waals surface area contributed by atoms with E-state index in [2.05, 4.69) is 0 Å². The molecule has 0 bridgehead atoms. The fourth-order valence-electron chi connectivity index (χ4n) is 2.10. The molecule has 6 N–H and O–H groups in total. The molecule has 0 aliphatic rings. The Morgan fingerprint density at radius 3 is 2.08 bits per heavy atom. The number of nitrogens with zero attached hydrogens (tertiary/aromatic N) is 1. The normalized spacial score (nSPS) is 9.92. The number of non-ortho nitro benzene ring substituents is 1. The van der Waals surface area contributed by atoms with Crippen molar-refractivity contribution in [3.63, 3.8) is 0 Å². The molecule has 0 unspecified atom stereocenters. The molecule has 3 aromatic carbocycles. The van der Waals surface area contributed by atoms with E-state index >= 15 is 0 Å². The van der Waals surface area contributed by atoms with E-state index in [-0.39, 0.29) is 22.7 Å². The Morgan fingerprint density at radius 1 is 0.960 bits per heavy atom. The summed E-state index contributed by atoms with van der Waals surface area (Å²) < 4.78 is 0. The average molecular weight is 341 g/mol. The van der Waals surface area contributed by atoms with E-state index in [0.29, 0.717) is 5.69 Å². The third-order valence-corrected chi connectivity index (χ3v) is 3.37. The first-order valence-electron chi connectivity index (χ1n) is 7.04. The predicted octanol–water partition coefficient (Wildman–Crippen LogP) is 3.00. The van der Waals surface area contributed by atoms with Crippen molar-refractivity contribution >= 4 is 33.8 Å². The number of phenolic OH excluding ortho intramolecular Hbond substituents is 1. The number of nitrogen functional groups attached to an aromatic ring is 2. The highest BCUT2D eigenvalue weighted by molar-refractivity contribution is 6.00. The van der Waals surface area contributed by atoms with Gasteiger partial charge in [0.05, 0.1) is 16.2 Å². The molecule has 3 aromatic rings. The van der Waals surface area contributed by atoms with Crippen LogP contribution < -0.4 is 11.5 Å². The Bertz CT molecular complexity index is 956. The van der Waals surface area contributed by atoms with Crippen molar-refractivity contribution in [3.05, 3.63) is 70.3 Å². The maximum Gasteiger partial charge on any atom is 0.337 e. The third kappa shape index (κ3) is 4.14. The van der Waals surface area contributed by atoms with Crippen LogP contribution in [0.5, 0.6) is 5.75 Å². The van der Waals surface area contributed by atoms with Crippen molar-refractivity contribution in [2.75, 3.05) is 11.5 Å². The van der Waals surface area contributed by atoms with Gasteiger partial charge in [-0.3, -0.25) is 10.1 Å². The lowest BCUT2D eigenvalue weighted by molar-refractivity contribution is -0.384. The number of hydrogen-bond acceptors (Lipinski definition) is 6. The number of nitro benzene ring substituents is 1. The zero-order chi connectivity index (χ0) is 18.6. The molecular weight excluding hydrogens is 326 g/mol. The topological polar surface area (TPSA) is 153 Å². The molecule has 0 fully saturated rings. The van der Waals surface area contributed by atoms with Crippen molar-refractivity contribution < 1.29 is 19.9 Å². The monoisotopic (exact) mass is 341 g/mol. The smallest absolute Gasteiger partial charge is 0.337 e. The van der Waals surface area contributed by atoms with Crippen LogP contribution in [0.4, 0.5) is 17.1 Å². The molecule has 3 rings (SSSR count). The summed E-state index contributed by atoms with van der Waals surface area (Å²) in [7, 11) is 0. The number of hydrogen-bond donors (Lipinski definition) is 4. The summed E-state index contributed by atoms with van der Waals surface area (Å²) in [6, 6.07) is 14.3. The zero-order valence-electron chi connectivity index (χ0n) is 12.9. The second kappa shape index (κ2) is 7.18. The van der Waals surface area contributed by atoms with Crippen LogP contribution in [0.2, 0.25) is 0 Å². The molecule has 0 aliphatic carbocycles. The van der Waals surface area contributed by atoms with Crippen LogP contribution in [0.1, 0.15) is 10.4 Å². The average Bonchev–Trinajstić information content (AvgIpc) is 2.57. The maximum absolute atomic E-state index is 10.8. The van der Waals surface area contributed by atoms with Crippen LogP contribution in [-0.2, 0) is 0 Å². The number of benzene rings is 3. The molecule has 0 aromatic heterocycles. The molecule has 0 amide bonds. The largest absolute Gasteiger partial charge is 0.506 e. The quantitative estimate of drug-likeness (QED) is 0.242. The zero-order valence-corrected chi connectivity index (χ0v) is 12.9. The molecule has 0 radical (unpaired) electrons. The summed E-state index contributed by atoms with van der Waals surface area (Å²) in [6.07, 6.45) is 0. The van der Waals surface area contributed by atoms with Crippen molar-refractivity contribution in [2.24, 2.45) is 0 Å². The summed E-state index contributed by atoms with van der Waals surface area (Å²) in [4.78, 5) is 20.3. The van der Waals surface area contributed by atoms with Gasteiger partial charge in [-0.25, -0.2) is 4.79 Å². The molecule has 0 saturated heterocycles. The number of carbonyl (C=O) groups is 1. The Kier molecular flexibility index (Phi) is 5.03. The van der Waals surface area contributed by atoms with Gasteiger partial charge in [-0.15, -0.1) is 0 Å². The number of carboxylic acids is 1.